The number of hydrogen-bond donors (Lipinski definition) is 1. The second-order valence-electron chi connectivity index (χ2n) is 13.7. The van der Waals surface area contributed by atoms with Gasteiger partial charge in [-0.15, -0.1) is 0 Å². The van der Waals surface area contributed by atoms with Crippen LogP contribution in [0.5, 0.6) is 0 Å². The van der Waals surface area contributed by atoms with Crippen LogP contribution in [0.1, 0.15) is 105 Å². The molecule has 0 saturated heterocycles. The number of rotatable bonds is 3. The van der Waals surface area contributed by atoms with E-state index in [0.717, 1.165) is 69.0 Å². The summed E-state index contributed by atoms with van der Waals surface area (Å²) in [5, 5.41) is 2.82. The van der Waals surface area contributed by atoms with Crippen LogP contribution in [0.2, 0.25) is 0 Å². The molecule has 4 heterocycles. The molecule has 0 aliphatic carbocycles. The molecule has 2 amide bonds. The molecule has 2 aromatic carbocycles. The highest BCUT2D eigenvalue weighted by Gasteiger charge is 2.29. The van der Waals surface area contributed by atoms with Crippen LogP contribution in [0.4, 0.5) is 5.69 Å². The molecular formula is C38H39Br3N4O4. The number of carbonyl (C=O) groups excluding carboxylic acids is 4. The molecule has 2 aliphatic heterocycles. The lowest BCUT2D eigenvalue weighted by atomic mass is 9.88. The number of benzene rings is 2. The van der Waals surface area contributed by atoms with Gasteiger partial charge in [-0.25, -0.2) is 0 Å². The van der Waals surface area contributed by atoms with Gasteiger partial charge in [-0.05, 0) is 76.3 Å². The molecule has 0 fully saturated rings. The summed E-state index contributed by atoms with van der Waals surface area (Å²) in [4.78, 5) is 56.7. The Balaban J connectivity index is 0.000000184. The molecule has 0 spiro atoms. The molecule has 0 radical (unpaired) electrons. The van der Waals surface area contributed by atoms with E-state index in [1.807, 2.05) is 30.3 Å². The molecule has 256 valence electrons. The fourth-order valence-corrected chi connectivity index (χ4v) is 6.88. The Morgan fingerprint density at radius 1 is 0.714 bits per heavy atom. The second kappa shape index (κ2) is 16.0. The van der Waals surface area contributed by atoms with Gasteiger partial charge in [0.25, 0.3) is 11.8 Å². The largest absolute Gasteiger partial charge is 0.352 e. The second-order valence-corrected chi connectivity index (χ2v) is 16.3. The average molecular weight is 855 g/mol. The Bertz CT molecular complexity index is 1880. The van der Waals surface area contributed by atoms with Crippen LogP contribution in [-0.4, -0.2) is 47.4 Å². The van der Waals surface area contributed by atoms with Gasteiger partial charge >= 0.3 is 0 Å². The number of aldehydes is 2. The number of nitrogens with one attached hydrogen (secondary N) is 1. The standard InChI is InChI=1S/C19H19BrN2O2.C12H16N2O.C7H4Br2O/c1-19(2,3)17-9-12-7-8-22(18(24)13(12)10-21-17)16-6-4-5-15(20)14(16)11-23;1-12(2,3)10-6-8-4-5-13-11(15)9(8)7-14-10;8-6-2-1-3-7(9)5(6)4-10/h4-6,9-11H,7-8H2,1-3H3;6-7H,4-5H2,1-3H3,(H,13,15);1-4H. The normalized spacial score (nSPS) is 13.9. The number of aromatic nitrogens is 2. The first kappa shape index (κ1) is 38.3. The zero-order valence-electron chi connectivity index (χ0n) is 28.4. The average Bonchev–Trinajstić information content (AvgIpc) is 3.05. The van der Waals surface area contributed by atoms with Gasteiger partial charge in [0.05, 0.1) is 22.4 Å². The third-order valence-electron chi connectivity index (χ3n) is 8.08. The van der Waals surface area contributed by atoms with Crippen LogP contribution in [-0.2, 0) is 23.7 Å². The summed E-state index contributed by atoms with van der Waals surface area (Å²) in [5.41, 5.74) is 7.31. The van der Waals surface area contributed by atoms with E-state index in [1.165, 1.54) is 0 Å². The summed E-state index contributed by atoms with van der Waals surface area (Å²) in [6.45, 7) is 14.0. The molecule has 4 aromatic rings. The zero-order valence-corrected chi connectivity index (χ0v) is 33.1. The highest BCUT2D eigenvalue weighted by Crippen LogP contribution is 2.32. The van der Waals surface area contributed by atoms with Gasteiger partial charge in [-0.3, -0.25) is 29.1 Å². The molecule has 11 heteroatoms. The van der Waals surface area contributed by atoms with Crippen molar-refractivity contribution in [3.8, 4) is 0 Å². The van der Waals surface area contributed by atoms with Crippen molar-refractivity contribution in [2.45, 2.75) is 65.2 Å². The van der Waals surface area contributed by atoms with E-state index in [0.29, 0.717) is 33.4 Å². The molecule has 49 heavy (non-hydrogen) atoms. The molecule has 2 aliphatic rings. The Hall–Kier alpha value is -3.54. The number of hydrogen-bond acceptors (Lipinski definition) is 6. The number of carbonyl (C=O) groups is 4. The predicted molar refractivity (Wildman–Crippen MR) is 204 cm³/mol. The molecule has 2 aromatic heterocycles. The summed E-state index contributed by atoms with van der Waals surface area (Å²) in [6.07, 6.45) is 6.62. The van der Waals surface area contributed by atoms with Crippen LogP contribution in [0.3, 0.4) is 0 Å². The van der Waals surface area contributed by atoms with Gasteiger partial charge < -0.3 is 10.2 Å². The monoisotopic (exact) mass is 852 g/mol. The van der Waals surface area contributed by atoms with E-state index in [9.17, 15) is 19.2 Å². The first-order valence-corrected chi connectivity index (χ1v) is 18.2. The van der Waals surface area contributed by atoms with Crippen molar-refractivity contribution in [2.75, 3.05) is 18.0 Å². The SMILES string of the molecule is CC(C)(C)c1cc2c(cn1)C(=O)N(c1cccc(Br)c1C=O)CC2.CC(C)(C)c1cc2c(cn1)C(=O)NCC2.O=Cc1c(Br)cccc1Br. The number of nitrogens with zero attached hydrogens (tertiary/aromatic N) is 3. The van der Waals surface area contributed by atoms with Gasteiger partial charge in [0.15, 0.2) is 12.6 Å². The summed E-state index contributed by atoms with van der Waals surface area (Å²) in [7, 11) is 0. The van der Waals surface area contributed by atoms with Gasteiger partial charge in [-0.1, -0.05) is 85.5 Å². The van der Waals surface area contributed by atoms with Crippen LogP contribution in [0, 0.1) is 0 Å². The fourth-order valence-electron chi connectivity index (χ4n) is 5.24. The Morgan fingerprint density at radius 3 is 1.71 bits per heavy atom. The van der Waals surface area contributed by atoms with Gasteiger partial charge in [0.2, 0.25) is 0 Å². The molecule has 0 atom stereocenters. The highest BCUT2D eigenvalue weighted by atomic mass is 79.9. The molecule has 1 N–H and O–H groups in total. The lowest BCUT2D eigenvalue weighted by Crippen LogP contribution is -2.38. The molecule has 0 bridgehead atoms. The quantitative estimate of drug-likeness (QED) is 0.207. The minimum atomic E-state index is -0.106. The topological polar surface area (TPSA) is 109 Å². The molecule has 6 rings (SSSR count). The Kier molecular flexibility index (Phi) is 12.5. The summed E-state index contributed by atoms with van der Waals surface area (Å²) in [5.74, 6) is -0.102. The molecule has 8 nitrogen and oxygen atoms in total. The minimum absolute atomic E-state index is 0.00390. The lowest BCUT2D eigenvalue weighted by Gasteiger charge is -2.30. The smallest absolute Gasteiger partial charge is 0.260 e. The number of amides is 2. The summed E-state index contributed by atoms with van der Waals surface area (Å²) < 4.78 is 2.32. The van der Waals surface area contributed by atoms with E-state index in [1.54, 1.807) is 29.4 Å². The van der Waals surface area contributed by atoms with Crippen LogP contribution < -0.4 is 10.2 Å². The fraction of sp³-hybridized carbons (Fsp3) is 0.316. The van der Waals surface area contributed by atoms with E-state index in [4.69, 9.17) is 0 Å². The minimum Gasteiger partial charge on any atom is -0.352 e. The van der Waals surface area contributed by atoms with Crippen molar-refractivity contribution >= 4 is 77.9 Å². The van der Waals surface area contributed by atoms with Gasteiger partial charge in [0.1, 0.15) is 0 Å². The van der Waals surface area contributed by atoms with Crippen molar-refractivity contribution in [1.82, 2.24) is 15.3 Å². The Labute approximate surface area is 312 Å². The molecular weight excluding hydrogens is 816 g/mol. The van der Waals surface area contributed by atoms with E-state index >= 15 is 0 Å². The van der Waals surface area contributed by atoms with E-state index in [2.05, 4.69) is 111 Å². The van der Waals surface area contributed by atoms with Gasteiger partial charge in [0, 0.05) is 66.7 Å². The molecule has 0 saturated carbocycles. The third kappa shape index (κ3) is 9.18. The maximum Gasteiger partial charge on any atom is 0.260 e. The highest BCUT2D eigenvalue weighted by molar-refractivity contribution is 9.11. The van der Waals surface area contributed by atoms with Crippen molar-refractivity contribution in [3.63, 3.8) is 0 Å². The third-order valence-corrected chi connectivity index (χ3v) is 10.2. The first-order valence-electron chi connectivity index (χ1n) is 15.8. The van der Waals surface area contributed by atoms with Gasteiger partial charge in [-0.2, -0.15) is 0 Å². The maximum absolute atomic E-state index is 12.9. The van der Waals surface area contributed by atoms with Crippen molar-refractivity contribution in [2.24, 2.45) is 0 Å². The maximum atomic E-state index is 12.9. The number of anilines is 1. The summed E-state index contributed by atoms with van der Waals surface area (Å²) >= 11 is 9.87. The first-order chi connectivity index (χ1) is 23.1. The predicted octanol–water partition coefficient (Wildman–Crippen LogP) is 8.85. The van der Waals surface area contributed by atoms with E-state index < -0.39 is 0 Å². The number of halogens is 3. The van der Waals surface area contributed by atoms with E-state index in [-0.39, 0.29) is 22.6 Å². The molecule has 0 unspecified atom stereocenters. The number of fused-ring (bicyclic) bond motifs is 2. The van der Waals surface area contributed by atoms with Crippen LogP contribution >= 0.6 is 47.8 Å². The zero-order chi connectivity index (χ0) is 36.1. The number of pyridine rings is 2. The Morgan fingerprint density at radius 2 is 1.20 bits per heavy atom. The van der Waals surface area contributed by atoms with Crippen molar-refractivity contribution in [1.29, 1.82) is 0 Å². The summed E-state index contributed by atoms with van der Waals surface area (Å²) in [6, 6.07) is 15.0. The van der Waals surface area contributed by atoms with Crippen LogP contribution in [0.25, 0.3) is 0 Å². The lowest BCUT2D eigenvalue weighted by molar-refractivity contribution is 0.0943. The van der Waals surface area contributed by atoms with Crippen LogP contribution in [0.15, 0.2) is 74.3 Å². The van der Waals surface area contributed by atoms with Crippen molar-refractivity contribution < 1.29 is 19.2 Å². The van der Waals surface area contributed by atoms with Crippen molar-refractivity contribution in [3.05, 3.63) is 119 Å².